The van der Waals surface area contributed by atoms with E-state index in [-0.39, 0.29) is 34.2 Å². The van der Waals surface area contributed by atoms with E-state index in [4.69, 9.17) is 0 Å². The molecule has 190 valence electrons. The number of carbonyl (C=O) groups is 3. The van der Waals surface area contributed by atoms with Crippen LogP contribution in [0.2, 0.25) is 0 Å². The van der Waals surface area contributed by atoms with Crippen molar-refractivity contribution in [2.75, 3.05) is 5.75 Å². The van der Waals surface area contributed by atoms with Crippen molar-refractivity contribution in [3.63, 3.8) is 0 Å². The molecule has 2 aromatic carbocycles. The van der Waals surface area contributed by atoms with Gasteiger partial charge in [0, 0.05) is 36.4 Å². The second-order valence-corrected chi connectivity index (χ2v) is 10.5. The van der Waals surface area contributed by atoms with E-state index in [1.807, 2.05) is 18.6 Å². The molecule has 8 nitrogen and oxygen atoms in total. The molecule has 0 aromatic heterocycles. The highest BCUT2D eigenvalue weighted by Crippen LogP contribution is 2.28. The molecule has 0 saturated carbocycles. The summed E-state index contributed by atoms with van der Waals surface area (Å²) in [6, 6.07) is 9.86. The quantitative estimate of drug-likeness (QED) is 0.267. The van der Waals surface area contributed by atoms with E-state index < -0.39 is 40.0 Å². The van der Waals surface area contributed by atoms with Gasteiger partial charge in [-0.05, 0) is 30.0 Å². The average Bonchev–Trinajstić information content (AvgIpc) is 2.76. The van der Waals surface area contributed by atoms with Gasteiger partial charge in [-0.1, -0.05) is 44.2 Å². The van der Waals surface area contributed by atoms with Crippen molar-refractivity contribution < 1.29 is 27.2 Å². The lowest BCUT2D eigenvalue weighted by atomic mass is 10.0. The Labute approximate surface area is 210 Å². The second kappa shape index (κ2) is 12.7. The zero-order valence-corrected chi connectivity index (χ0v) is 21.5. The number of thiol groups is 1. The molecule has 0 unspecified atom stereocenters. The van der Waals surface area contributed by atoms with Crippen LogP contribution in [0.4, 0.5) is 4.39 Å². The summed E-state index contributed by atoms with van der Waals surface area (Å²) in [5.74, 6) is -1.57. The average molecular weight is 524 g/mol. The largest absolute Gasteiger partial charge is 0.352 e. The Bertz CT molecular complexity index is 1190. The van der Waals surface area contributed by atoms with Crippen molar-refractivity contribution in [2.45, 2.75) is 51.1 Å². The minimum atomic E-state index is -4.13. The van der Waals surface area contributed by atoms with Gasteiger partial charge in [0.2, 0.25) is 17.7 Å². The summed E-state index contributed by atoms with van der Waals surface area (Å²) in [5, 5.41) is 5.28. The van der Waals surface area contributed by atoms with E-state index in [1.54, 1.807) is 6.07 Å². The van der Waals surface area contributed by atoms with Crippen molar-refractivity contribution >= 4 is 40.4 Å². The molecule has 3 N–H and O–H groups in total. The van der Waals surface area contributed by atoms with Crippen LogP contribution in [0.5, 0.6) is 0 Å². The monoisotopic (exact) mass is 523 g/mol. The zero-order chi connectivity index (χ0) is 26.2. The minimum Gasteiger partial charge on any atom is -0.352 e. The lowest BCUT2D eigenvalue weighted by Crippen LogP contribution is -2.39. The molecule has 0 spiro atoms. The molecule has 2 aromatic rings. The number of hydrogen-bond acceptors (Lipinski definition) is 6. The highest BCUT2D eigenvalue weighted by molar-refractivity contribution is 7.90. The Kier molecular flexibility index (Phi) is 10.3. The van der Waals surface area contributed by atoms with Gasteiger partial charge in [0.05, 0.1) is 4.90 Å². The first-order valence-corrected chi connectivity index (χ1v) is 13.1. The molecular formula is C24H30FN3O5S2. The number of nitrogens with one attached hydrogen (secondary N) is 3. The Hall–Kier alpha value is -2.92. The molecule has 0 radical (unpaired) electrons. The topological polar surface area (TPSA) is 121 Å². The minimum absolute atomic E-state index is 0.138. The fraction of sp³-hybridized carbons (Fsp3) is 0.375. The van der Waals surface area contributed by atoms with Gasteiger partial charge in [0.15, 0.2) is 0 Å². The summed E-state index contributed by atoms with van der Waals surface area (Å²) in [6.45, 7) is 4.98. The van der Waals surface area contributed by atoms with Crippen LogP contribution >= 0.6 is 12.6 Å². The summed E-state index contributed by atoms with van der Waals surface area (Å²) in [5.41, 5.74) is 0.662. The van der Waals surface area contributed by atoms with Gasteiger partial charge in [0.1, 0.15) is 12.2 Å². The van der Waals surface area contributed by atoms with E-state index in [2.05, 4.69) is 23.3 Å². The van der Waals surface area contributed by atoms with E-state index >= 15 is 0 Å². The molecule has 3 amide bonds. The number of carbonyl (C=O) groups excluding carboxylic acids is 3. The second-order valence-electron chi connectivity index (χ2n) is 8.49. The first kappa shape index (κ1) is 28.3. The molecular weight excluding hydrogens is 493 g/mol. The van der Waals surface area contributed by atoms with Gasteiger partial charge in [-0.3, -0.25) is 14.4 Å². The first-order valence-electron chi connectivity index (χ1n) is 11.0. The first-order chi connectivity index (χ1) is 16.4. The number of halogens is 1. The number of hydrogen-bond donors (Lipinski definition) is 4. The number of sulfonamides is 1. The van der Waals surface area contributed by atoms with Crippen LogP contribution < -0.4 is 15.4 Å². The van der Waals surface area contributed by atoms with Crippen LogP contribution in [0.3, 0.4) is 0 Å². The van der Waals surface area contributed by atoms with E-state index in [9.17, 15) is 27.2 Å². The van der Waals surface area contributed by atoms with E-state index in [0.717, 1.165) is 19.4 Å². The van der Waals surface area contributed by atoms with E-state index in [1.165, 1.54) is 30.3 Å². The molecule has 0 aliphatic carbocycles. The zero-order valence-electron chi connectivity index (χ0n) is 19.8. The van der Waals surface area contributed by atoms with Crippen LogP contribution in [-0.2, 0) is 31.0 Å². The summed E-state index contributed by atoms with van der Waals surface area (Å²) in [4.78, 5) is 35.4. The third kappa shape index (κ3) is 8.66. The van der Waals surface area contributed by atoms with Gasteiger partial charge < -0.3 is 10.6 Å². The summed E-state index contributed by atoms with van der Waals surface area (Å²) in [7, 11) is -4.13. The summed E-state index contributed by atoms with van der Waals surface area (Å²) in [6.07, 6.45) is 0.347. The van der Waals surface area contributed by atoms with Gasteiger partial charge in [-0.15, -0.1) is 0 Å². The molecule has 0 aliphatic rings. The van der Waals surface area contributed by atoms with Gasteiger partial charge in [-0.25, -0.2) is 17.5 Å². The number of rotatable bonds is 11. The summed E-state index contributed by atoms with van der Waals surface area (Å²) >= 11 is 4.22. The highest BCUT2D eigenvalue weighted by Gasteiger charge is 2.21. The van der Waals surface area contributed by atoms with Crippen LogP contribution in [0.15, 0.2) is 47.4 Å². The Balaban J connectivity index is 2.07. The van der Waals surface area contributed by atoms with E-state index in [0.29, 0.717) is 11.7 Å². The normalized spacial score (nSPS) is 12.2. The maximum atomic E-state index is 14.8. The Morgan fingerprint density at radius 3 is 2.34 bits per heavy atom. The highest BCUT2D eigenvalue weighted by atomic mass is 32.2. The predicted octanol–water partition coefficient (Wildman–Crippen LogP) is 2.78. The smallest absolute Gasteiger partial charge is 0.264 e. The number of benzene rings is 2. The van der Waals surface area contributed by atoms with Crippen molar-refractivity contribution in [1.82, 2.24) is 15.4 Å². The molecule has 2 rings (SSSR count). The molecule has 0 fully saturated rings. The molecule has 0 aliphatic heterocycles. The standard InChI is InChI=1S/C24H30FN3O5S2/c1-15(2)10-19(14-34)27-24(31)12-23(30)26-13-18-9-8-17(11-21(18)25)20-6-4-5-7-22(20)35(32,33)28-16(3)29/h4-9,11,15,19,34H,10,12-14H2,1-3H3,(H,26,30)(H,27,31)(H,28,29)/t19-/m1/s1. The SMILES string of the molecule is CC(=O)NS(=O)(=O)c1ccccc1-c1ccc(CNC(=O)CC(=O)N[C@@H](CS)CC(C)C)c(F)c1. The molecule has 1 atom stereocenters. The lowest BCUT2D eigenvalue weighted by molar-refractivity contribution is -0.129. The number of amides is 3. The third-order valence-electron chi connectivity index (χ3n) is 4.96. The van der Waals surface area contributed by atoms with Gasteiger partial charge in [-0.2, -0.15) is 12.6 Å². The molecule has 35 heavy (non-hydrogen) atoms. The van der Waals surface area contributed by atoms with Crippen molar-refractivity contribution in [3.8, 4) is 11.1 Å². The maximum absolute atomic E-state index is 14.8. The molecule has 0 bridgehead atoms. The maximum Gasteiger partial charge on any atom is 0.264 e. The predicted molar refractivity (Wildman–Crippen MR) is 135 cm³/mol. The lowest BCUT2D eigenvalue weighted by Gasteiger charge is -2.18. The van der Waals surface area contributed by atoms with Gasteiger partial charge in [0.25, 0.3) is 10.0 Å². The Morgan fingerprint density at radius 1 is 1.06 bits per heavy atom. The summed E-state index contributed by atoms with van der Waals surface area (Å²) < 4.78 is 41.6. The Morgan fingerprint density at radius 2 is 1.74 bits per heavy atom. The fourth-order valence-electron chi connectivity index (χ4n) is 3.47. The molecule has 11 heteroatoms. The van der Waals surface area contributed by atoms with Gasteiger partial charge >= 0.3 is 0 Å². The molecule has 0 saturated heterocycles. The van der Waals surface area contributed by atoms with Crippen LogP contribution in [-0.4, -0.2) is 37.9 Å². The third-order valence-corrected chi connectivity index (χ3v) is 6.89. The van der Waals surface area contributed by atoms with Crippen molar-refractivity contribution in [1.29, 1.82) is 0 Å². The fourth-order valence-corrected chi connectivity index (χ4v) is 4.93. The molecule has 0 heterocycles. The van der Waals surface area contributed by atoms with Crippen LogP contribution in [0, 0.1) is 11.7 Å². The van der Waals surface area contributed by atoms with Crippen molar-refractivity contribution in [2.24, 2.45) is 5.92 Å². The van der Waals surface area contributed by atoms with Crippen LogP contribution in [0.25, 0.3) is 11.1 Å². The van der Waals surface area contributed by atoms with Crippen LogP contribution in [0.1, 0.15) is 39.2 Å². The van der Waals surface area contributed by atoms with Crippen molar-refractivity contribution in [3.05, 3.63) is 53.8 Å².